The van der Waals surface area contributed by atoms with E-state index in [-0.39, 0.29) is 5.91 Å². The Hall–Kier alpha value is -2.68. The van der Waals surface area contributed by atoms with Gasteiger partial charge in [-0.2, -0.15) is 0 Å². The van der Waals surface area contributed by atoms with Gasteiger partial charge in [0.1, 0.15) is 17.6 Å². The minimum absolute atomic E-state index is 0.149. The van der Waals surface area contributed by atoms with Crippen LogP contribution in [0.2, 0.25) is 0 Å². The van der Waals surface area contributed by atoms with Gasteiger partial charge in [0, 0.05) is 17.6 Å². The largest absolute Gasteiger partial charge is 0.497 e. The van der Waals surface area contributed by atoms with Crippen molar-refractivity contribution in [3.8, 4) is 5.75 Å². The van der Waals surface area contributed by atoms with E-state index in [0.29, 0.717) is 35.9 Å². The molecule has 0 aliphatic carbocycles. The number of imidazole rings is 1. The van der Waals surface area contributed by atoms with Crippen LogP contribution >= 0.6 is 15.9 Å². The van der Waals surface area contributed by atoms with E-state index < -0.39 is 0 Å². The number of carbonyl (C=O) groups excluding carboxylic acids is 1. The lowest BCUT2D eigenvalue weighted by Crippen LogP contribution is -2.26. The average molecular weight is 405 g/mol. The van der Waals surface area contributed by atoms with Crippen molar-refractivity contribution < 1.29 is 9.53 Å². The number of nitrogens with one attached hydrogen (secondary N) is 3. The van der Waals surface area contributed by atoms with Gasteiger partial charge in [-0.1, -0.05) is 0 Å². The highest BCUT2D eigenvalue weighted by Crippen LogP contribution is 2.22. The SMILES string of the molecule is COc1ccc(Br)c(C(=O)NCCCNc2ncnc3nc[nH]c23)c1. The summed E-state index contributed by atoms with van der Waals surface area (Å²) in [5.41, 5.74) is 1.93. The zero-order valence-electron chi connectivity index (χ0n) is 13.5. The maximum atomic E-state index is 12.3. The molecule has 1 aromatic carbocycles. The lowest BCUT2D eigenvalue weighted by Gasteiger charge is -2.09. The third-order valence-electron chi connectivity index (χ3n) is 3.57. The molecule has 0 bridgehead atoms. The molecule has 0 unspecified atom stereocenters. The Morgan fingerprint density at radius 3 is 3.00 bits per heavy atom. The number of rotatable bonds is 7. The summed E-state index contributed by atoms with van der Waals surface area (Å²) < 4.78 is 5.88. The maximum absolute atomic E-state index is 12.3. The number of H-pyrrole nitrogens is 1. The first kappa shape index (κ1) is 17.2. The molecule has 2 aromatic heterocycles. The van der Waals surface area contributed by atoms with Crippen molar-refractivity contribution in [2.45, 2.75) is 6.42 Å². The second kappa shape index (κ2) is 7.93. The zero-order chi connectivity index (χ0) is 17.6. The van der Waals surface area contributed by atoms with Gasteiger partial charge in [0.15, 0.2) is 11.5 Å². The molecule has 0 radical (unpaired) electrons. The molecule has 9 heteroatoms. The van der Waals surface area contributed by atoms with E-state index >= 15 is 0 Å². The highest BCUT2D eigenvalue weighted by atomic mass is 79.9. The lowest BCUT2D eigenvalue weighted by atomic mass is 10.2. The van der Waals surface area contributed by atoms with Crippen LogP contribution in [0.3, 0.4) is 0 Å². The number of fused-ring (bicyclic) bond motifs is 1. The summed E-state index contributed by atoms with van der Waals surface area (Å²) in [6, 6.07) is 5.29. The molecule has 25 heavy (non-hydrogen) atoms. The van der Waals surface area contributed by atoms with Gasteiger partial charge >= 0.3 is 0 Å². The number of amides is 1. The standard InChI is InChI=1S/C16H17BrN6O2/c1-25-10-3-4-12(17)11(7-10)16(24)19-6-2-5-18-14-13-15(21-8-20-13)23-9-22-14/h3-4,7-9H,2,5-6H2,1H3,(H,19,24)(H2,18,20,21,22,23). The van der Waals surface area contributed by atoms with Gasteiger partial charge in [-0.25, -0.2) is 15.0 Å². The number of aromatic nitrogens is 4. The van der Waals surface area contributed by atoms with Crippen LogP contribution in [0.15, 0.2) is 35.3 Å². The Morgan fingerprint density at radius 2 is 2.16 bits per heavy atom. The number of methoxy groups -OCH3 is 1. The summed E-state index contributed by atoms with van der Waals surface area (Å²) in [6.45, 7) is 1.19. The fourth-order valence-corrected chi connectivity index (χ4v) is 2.72. The van der Waals surface area contributed by atoms with Crippen LogP contribution in [0.1, 0.15) is 16.8 Å². The molecule has 3 rings (SSSR count). The number of benzene rings is 1. The molecule has 130 valence electrons. The van der Waals surface area contributed by atoms with Gasteiger partial charge < -0.3 is 20.4 Å². The molecular weight excluding hydrogens is 388 g/mol. The van der Waals surface area contributed by atoms with Crippen molar-refractivity contribution >= 4 is 38.8 Å². The fraction of sp³-hybridized carbons (Fsp3) is 0.250. The van der Waals surface area contributed by atoms with Gasteiger partial charge in [0.2, 0.25) is 0 Å². The Balaban J connectivity index is 1.49. The Bertz CT molecular complexity index is 882. The number of carbonyl (C=O) groups is 1. The van der Waals surface area contributed by atoms with E-state index in [1.54, 1.807) is 31.6 Å². The van der Waals surface area contributed by atoms with Crippen LogP contribution in [-0.2, 0) is 0 Å². The van der Waals surface area contributed by atoms with Gasteiger partial charge in [0.25, 0.3) is 5.91 Å². The highest BCUT2D eigenvalue weighted by Gasteiger charge is 2.11. The van der Waals surface area contributed by atoms with Crippen LogP contribution in [0, 0.1) is 0 Å². The first-order valence-electron chi connectivity index (χ1n) is 7.68. The van der Waals surface area contributed by atoms with Crippen molar-refractivity contribution in [2.75, 3.05) is 25.5 Å². The van der Waals surface area contributed by atoms with E-state index in [0.717, 1.165) is 16.4 Å². The van der Waals surface area contributed by atoms with Crippen molar-refractivity contribution in [1.29, 1.82) is 0 Å². The molecule has 3 aromatic rings. The third-order valence-corrected chi connectivity index (χ3v) is 4.26. The monoisotopic (exact) mass is 404 g/mol. The minimum atomic E-state index is -0.149. The van der Waals surface area contributed by atoms with Gasteiger partial charge in [0.05, 0.1) is 19.0 Å². The summed E-state index contributed by atoms with van der Waals surface area (Å²) in [5.74, 6) is 1.19. The summed E-state index contributed by atoms with van der Waals surface area (Å²) in [4.78, 5) is 27.6. The van der Waals surface area contributed by atoms with Gasteiger partial charge in [-0.15, -0.1) is 0 Å². The van der Waals surface area contributed by atoms with Crippen LogP contribution in [-0.4, -0.2) is 46.0 Å². The van der Waals surface area contributed by atoms with E-state index in [4.69, 9.17) is 4.74 Å². The average Bonchev–Trinajstić information content (AvgIpc) is 3.11. The van der Waals surface area contributed by atoms with Crippen LogP contribution in [0.25, 0.3) is 11.2 Å². The van der Waals surface area contributed by atoms with Gasteiger partial charge in [-0.3, -0.25) is 4.79 Å². The number of aromatic amines is 1. The van der Waals surface area contributed by atoms with Crippen molar-refractivity contribution in [1.82, 2.24) is 25.3 Å². The van der Waals surface area contributed by atoms with E-state index in [1.807, 2.05) is 0 Å². The second-order valence-corrected chi connectivity index (χ2v) is 6.06. The number of hydrogen-bond donors (Lipinski definition) is 3. The molecule has 8 nitrogen and oxygen atoms in total. The lowest BCUT2D eigenvalue weighted by molar-refractivity contribution is 0.0952. The number of halogens is 1. The zero-order valence-corrected chi connectivity index (χ0v) is 15.1. The topological polar surface area (TPSA) is 105 Å². The molecule has 1 amide bonds. The first-order valence-corrected chi connectivity index (χ1v) is 8.48. The van der Waals surface area contributed by atoms with Crippen LogP contribution in [0.5, 0.6) is 5.75 Å². The number of ether oxygens (including phenoxy) is 1. The predicted molar refractivity (Wildman–Crippen MR) is 97.8 cm³/mol. The number of hydrogen-bond acceptors (Lipinski definition) is 6. The number of anilines is 1. The normalized spacial score (nSPS) is 10.6. The van der Waals surface area contributed by atoms with Crippen LogP contribution in [0.4, 0.5) is 5.82 Å². The second-order valence-electron chi connectivity index (χ2n) is 5.21. The first-order chi connectivity index (χ1) is 12.2. The van der Waals surface area contributed by atoms with Crippen molar-refractivity contribution in [3.05, 3.63) is 40.9 Å². The third kappa shape index (κ3) is 4.05. The Morgan fingerprint density at radius 1 is 1.28 bits per heavy atom. The Kier molecular flexibility index (Phi) is 5.44. The molecule has 0 aliphatic rings. The summed E-state index contributed by atoms with van der Waals surface area (Å²) in [7, 11) is 1.57. The highest BCUT2D eigenvalue weighted by molar-refractivity contribution is 9.10. The molecule has 0 spiro atoms. The quantitative estimate of drug-likeness (QED) is 0.522. The molecular formula is C16H17BrN6O2. The number of nitrogens with zero attached hydrogens (tertiary/aromatic N) is 3. The molecule has 0 fully saturated rings. The predicted octanol–water partition coefficient (Wildman–Crippen LogP) is 2.36. The van der Waals surface area contributed by atoms with E-state index in [1.165, 1.54) is 6.33 Å². The molecule has 3 N–H and O–H groups in total. The summed E-state index contributed by atoms with van der Waals surface area (Å²) >= 11 is 3.38. The smallest absolute Gasteiger partial charge is 0.252 e. The van der Waals surface area contributed by atoms with Crippen molar-refractivity contribution in [3.63, 3.8) is 0 Å². The molecule has 0 atom stereocenters. The fourth-order valence-electron chi connectivity index (χ4n) is 2.30. The van der Waals surface area contributed by atoms with Gasteiger partial charge in [-0.05, 0) is 40.5 Å². The van der Waals surface area contributed by atoms with Crippen molar-refractivity contribution in [2.24, 2.45) is 0 Å². The van der Waals surface area contributed by atoms with Crippen LogP contribution < -0.4 is 15.4 Å². The summed E-state index contributed by atoms with van der Waals surface area (Å²) in [5, 5.41) is 6.11. The maximum Gasteiger partial charge on any atom is 0.252 e. The molecule has 0 saturated heterocycles. The molecule has 0 aliphatic heterocycles. The van der Waals surface area contributed by atoms with E-state index in [2.05, 4.69) is 46.5 Å². The van der Waals surface area contributed by atoms with E-state index in [9.17, 15) is 4.79 Å². The molecule has 0 saturated carbocycles. The summed E-state index contributed by atoms with van der Waals surface area (Å²) in [6.07, 6.45) is 3.79. The minimum Gasteiger partial charge on any atom is -0.497 e. The Labute approximate surface area is 152 Å². The molecule has 2 heterocycles.